The molecule has 1 aliphatic carbocycles. The lowest BCUT2D eigenvalue weighted by Crippen LogP contribution is -2.48. The van der Waals surface area contributed by atoms with E-state index in [4.69, 9.17) is 0 Å². The van der Waals surface area contributed by atoms with Crippen LogP contribution in [0.2, 0.25) is 0 Å². The van der Waals surface area contributed by atoms with Gasteiger partial charge >= 0.3 is 12.1 Å². The molecule has 7 heteroatoms. The summed E-state index contributed by atoms with van der Waals surface area (Å²) in [7, 11) is 0. The van der Waals surface area contributed by atoms with E-state index in [9.17, 15) is 14.4 Å². The van der Waals surface area contributed by atoms with Crippen LogP contribution in [0.15, 0.2) is 0 Å². The summed E-state index contributed by atoms with van der Waals surface area (Å²) in [4.78, 5) is 33.7. The van der Waals surface area contributed by atoms with Crippen molar-refractivity contribution in [2.45, 2.75) is 44.2 Å². The topological polar surface area (TPSA) is 99.3 Å². The highest BCUT2D eigenvalue weighted by Crippen LogP contribution is 2.17. The molecule has 1 saturated carbocycles. The molecule has 7 nitrogen and oxygen atoms in total. The second-order valence-corrected chi connectivity index (χ2v) is 4.70. The number of carbonyl (C=O) groups is 3. The monoisotopic (exact) mass is 254 g/mol. The summed E-state index contributed by atoms with van der Waals surface area (Å²) >= 11 is 0. The van der Waals surface area contributed by atoms with Crippen LogP contribution in [0.4, 0.5) is 9.59 Å². The lowest BCUT2D eigenvalue weighted by atomic mass is 9.96. The van der Waals surface area contributed by atoms with Crippen LogP contribution in [0.5, 0.6) is 0 Å². The predicted octanol–water partition coefficient (Wildman–Crippen LogP) is -0.174. The molecule has 2 fully saturated rings. The maximum atomic E-state index is 11.6. The molecule has 0 spiro atoms. The molecule has 100 valence electrons. The maximum absolute atomic E-state index is 11.6. The van der Waals surface area contributed by atoms with E-state index in [1.165, 1.54) is 6.42 Å². The van der Waals surface area contributed by atoms with Gasteiger partial charge in [0, 0.05) is 12.6 Å². The molecule has 1 heterocycles. The number of amides is 5. The minimum absolute atomic E-state index is 0.107. The third-order valence-corrected chi connectivity index (χ3v) is 3.27. The van der Waals surface area contributed by atoms with E-state index in [1.807, 2.05) is 0 Å². The van der Waals surface area contributed by atoms with Crippen LogP contribution < -0.4 is 21.3 Å². The van der Waals surface area contributed by atoms with Gasteiger partial charge in [0.2, 0.25) is 0 Å². The molecule has 18 heavy (non-hydrogen) atoms. The quantitative estimate of drug-likeness (QED) is 0.526. The molecule has 2 rings (SSSR count). The second kappa shape index (κ2) is 5.70. The Bertz CT molecular complexity index is 352. The summed E-state index contributed by atoms with van der Waals surface area (Å²) in [5.74, 6) is -0.405. The lowest BCUT2D eigenvalue weighted by Gasteiger charge is -2.23. The Morgan fingerprint density at radius 3 is 2.56 bits per heavy atom. The Morgan fingerprint density at radius 2 is 1.94 bits per heavy atom. The van der Waals surface area contributed by atoms with Crippen molar-refractivity contribution in [3.63, 3.8) is 0 Å². The summed E-state index contributed by atoms with van der Waals surface area (Å²) < 4.78 is 0. The average Bonchev–Trinajstić information content (AvgIpc) is 2.66. The first-order chi connectivity index (χ1) is 8.65. The summed E-state index contributed by atoms with van der Waals surface area (Å²) in [5.41, 5.74) is 0. The molecular weight excluding hydrogens is 236 g/mol. The van der Waals surface area contributed by atoms with Crippen molar-refractivity contribution < 1.29 is 14.4 Å². The third-order valence-electron chi connectivity index (χ3n) is 3.27. The molecular formula is C11H18N4O3. The van der Waals surface area contributed by atoms with Crippen LogP contribution in [0.25, 0.3) is 0 Å². The van der Waals surface area contributed by atoms with Gasteiger partial charge in [0.25, 0.3) is 5.91 Å². The average molecular weight is 254 g/mol. The van der Waals surface area contributed by atoms with Crippen LogP contribution in [-0.2, 0) is 4.79 Å². The molecule has 1 aliphatic heterocycles. The summed E-state index contributed by atoms with van der Waals surface area (Å²) in [6.45, 7) is 0.107. The van der Waals surface area contributed by atoms with Gasteiger partial charge in [-0.25, -0.2) is 9.59 Å². The van der Waals surface area contributed by atoms with Gasteiger partial charge in [-0.3, -0.25) is 10.1 Å². The molecule has 0 aromatic heterocycles. The molecule has 4 N–H and O–H groups in total. The van der Waals surface area contributed by atoms with Gasteiger partial charge in [0.1, 0.15) is 6.04 Å². The fourth-order valence-corrected chi connectivity index (χ4v) is 2.28. The first kappa shape index (κ1) is 12.7. The van der Waals surface area contributed by atoms with Crippen molar-refractivity contribution in [3.8, 4) is 0 Å². The lowest BCUT2D eigenvalue weighted by molar-refractivity contribution is -0.120. The Labute approximate surface area is 105 Å². The van der Waals surface area contributed by atoms with E-state index in [1.54, 1.807) is 0 Å². The van der Waals surface area contributed by atoms with Gasteiger partial charge in [-0.15, -0.1) is 0 Å². The van der Waals surface area contributed by atoms with Gasteiger partial charge < -0.3 is 16.0 Å². The van der Waals surface area contributed by atoms with Crippen molar-refractivity contribution >= 4 is 18.0 Å². The van der Waals surface area contributed by atoms with Crippen LogP contribution in [-0.4, -0.2) is 36.6 Å². The Balaban J connectivity index is 1.68. The standard InChI is InChI=1S/C11H18N4O3/c16-9-8(14-11(18)15-9)6-12-10(17)13-7-4-2-1-3-5-7/h7-8H,1-6H2,(H2,12,13,17)(H2,14,15,16,18). The van der Waals surface area contributed by atoms with Crippen LogP contribution in [0.1, 0.15) is 32.1 Å². The molecule has 1 atom stereocenters. The fraction of sp³-hybridized carbons (Fsp3) is 0.727. The highest BCUT2D eigenvalue weighted by atomic mass is 16.2. The van der Waals surface area contributed by atoms with Crippen molar-refractivity contribution in [2.24, 2.45) is 0 Å². The van der Waals surface area contributed by atoms with Crippen LogP contribution >= 0.6 is 0 Å². The Hall–Kier alpha value is -1.79. The first-order valence-electron chi connectivity index (χ1n) is 6.31. The van der Waals surface area contributed by atoms with E-state index < -0.39 is 18.0 Å². The summed E-state index contributed by atoms with van der Waals surface area (Å²) in [5, 5.41) is 10.0. The first-order valence-corrected chi connectivity index (χ1v) is 6.31. The van der Waals surface area contributed by atoms with Gasteiger partial charge in [0.15, 0.2) is 0 Å². The number of carbonyl (C=O) groups excluding carboxylic acids is 3. The van der Waals surface area contributed by atoms with Crippen molar-refractivity contribution in [1.82, 2.24) is 21.3 Å². The van der Waals surface area contributed by atoms with E-state index in [0.717, 1.165) is 25.7 Å². The summed E-state index contributed by atoms with van der Waals surface area (Å²) in [6.07, 6.45) is 5.54. The molecule has 2 aliphatic rings. The number of hydrogen-bond donors (Lipinski definition) is 4. The van der Waals surface area contributed by atoms with Gasteiger partial charge in [-0.1, -0.05) is 19.3 Å². The number of imide groups is 1. The number of hydrogen-bond acceptors (Lipinski definition) is 3. The third kappa shape index (κ3) is 3.35. The van der Waals surface area contributed by atoms with Gasteiger partial charge in [-0.2, -0.15) is 0 Å². The molecule has 1 unspecified atom stereocenters. The molecule has 0 bridgehead atoms. The van der Waals surface area contributed by atoms with E-state index in [0.29, 0.717) is 0 Å². The minimum Gasteiger partial charge on any atom is -0.336 e. The normalized spacial score (nSPS) is 24.3. The molecule has 1 saturated heterocycles. The maximum Gasteiger partial charge on any atom is 0.322 e. The molecule has 0 radical (unpaired) electrons. The zero-order chi connectivity index (χ0) is 13.0. The highest BCUT2D eigenvalue weighted by molar-refractivity contribution is 6.04. The minimum atomic E-state index is -0.672. The Kier molecular flexibility index (Phi) is 4.01. The van der Waals surface area contributed by atoms with Gasteiger partial charge in [0.05, 0.1) is 0 Å². The predicted molar refractivity (Wildman–Crippen MR) is 63.9 cm³/mol. The van der Waals surface area contributed by atoms with E-state index in [2.05, 4.69) is 21.3 Å². The summed E-state index contributed by atoms with van der Waals surface area (Å²) in [6, 6.07) is -1.24. The SMILES string of the molecule is O=C(NCC1NC(=O)NC1=O)NC1CCCCC1. The zero-order valence-electron chi connectivity index (χ0n) is 10.1. The van der Waals surface area contributed by atoms with E-state index >= 15 is 0 Å². The zero-order valence-corrected chi connectivity index (χ0v) is 10.1. The molecule has 0 aromatic carbocycles. The van der Waals surface area contributed by atoms with Crippen molar-refractivity contribution in [3.05, 3.63) is 0 Å². The smallest absolute Gasteiger partial charge is 0.322 e. The molecule has 0 aromatic rings. The fourth-order valence-electron chi connectivity index (χ4n) is 2.28. The number of rotatable bonds is 3. The van der Waals surface area contributed by atoms with E-state index in [-0.39, 0.29) is 18.6 Å². The Morgan fingerprint density at radius 1 is 1.22 bits per heavy atom. The highest BCUT2D eigenvalue weighted by Gasteiger charge is 2.29. The number of nitrogens with one attached hydrogen (secondary N) is 4. The van der Waals surface area contributed by atoms with Gasteiger partial charge in [-0.05, 0) is 12.8 Å². The van der Waals surface area contributed by atoms with Crippen LogP contribution in [0, 0.1) is 0 Å². The van der Waals surface area contributed by atoms with Crippen LogP contribution in [0.3, 0.4) is 0 Å². The molecule has 5 amide bonds. The largest absolute Gasteiger partial charge is 0.336 e. The van der Waals surface area contributed by atoms with Crippen molar-refractivity contribution in [2.75, 3.05) is 6.54 Å². The van der Waals surface area contributed by atoms with Crippen molar-refractivity contribution in [1.29, 1.82) is 0 Å². The number of urea groups is 2. The second-order valence-electron chi connectivity index (χ2n) is 4.70.